The van der Waals surface area contributed by atoms with Crippen LogP contribution in [0.15, 0.2) is 24.4 Å². The lowest BCUT2D eigenvalue weighted by Crippen LogP contribution is -2.50. The maximum atomic E-state index is 12.2. The maximum Gasteiger partial charge on any atom is 0.129 e. The van der Waals surface area contributed by atoms with Crippen molar-refractivity contribution in [3.63, 3.8) is 0 Å². The van der Waals surface area contributed by atoms with Crippen LogP contribution in [-0.2, 0) is 11.2 Å². The topological polar surface area (TPSA) is 39.2 Å². The van der Waals surface area contributed by atoms with E-state index in [0.717, 1.165) is 30.5 Å². The highest BCUT2D eigenvalue weighted by Gasteiger charge is 2.34. The molecule has 1 atom stereocenters. The van der Waals surface area contributed by atoms with Gasteiger partial charge in [0, 0.05) is 42.2 Å². The van der Waals surface area contributed by atoms with E-state index in [4.69, 9.17) is 11.6 Å². The molecule has 3 nitrogen and oxygen atoms in total. The largest absolute Gasteiger partial charge is 0.616 e. The molecule has 0 radical (unpaired) electrons. The molecule has 2 fully saturated rings. The number of fused-ring (bicyclic) bond motifs is 1. The normalized spacial score (nSPS) is 19.5. The molecule has 134 valence electrons. The van der Waals surface area contributed by atoms with Gasteiger partial charge in [-0.1, -0.05) is 42.7 Å². The van der Waals surface area contributed by atoms with Crippen molar-refractivity contribution in [1.29, 1.82) is 0 Å². The fraction of sp³-hybridized carbons (Fsp3) is 0.550. The van der Waals surface area contributed by atoms with Crippen molar-refractivity contribution in [3.05, 3.63) is 35.1 Å². The van der Waals surface area contributed by atoms with Crippen LogP contribution in [0.5, 0.6) is 0 Å². The molecule has 25 heavy (non-hydrogen) atoms. The molecule has 0 unspecified atom stereocenters. The van der Waals surface area contributed by atoms with Crippen LogP contribution in [0.3, 0.4) is 0 Å². The summed E-state index contributed by atoms with van der Waals surface area (Å²) in [5, 5.41) is 2.92. The molecule has 0 amide bonds. The summed E-state index contributed by atoms with van der Waals surface area (Å²) in [5.74, 6) is 3.54. The summed E-state index contributed by atoms with van der Waals surface area (Å²) in [5.41, 5.74) is 2.54. The van der Waals surface area contributed by atoms with Crippen LogP contribution in [0, 0.1) is 11.8 Å². The van der Waals surface area contributed by atoms with Crippen LogP contribution < -0.4 is 4.90 Å². The van der Waals surface area contributed by atoms with Crippen LogP contribution in [0.25, 0.3) is 10.8 Å². The summed E-state index contributed by atoms with van der Waals surface area (Å²) >= 11 is 5.51. The molecule has 2 heterocycles. The Labute approximate surface area is 157 Å². The first-order valence-electron chi connectivity index (χ1n) is 9.19. The lowest BCUT2D eigenvalue weighted by atomic mass is 9.94. The van der Waals surface area contributed by atoms with Gasteiger partial charge >= 0.3 is 0 Å². The molecule has 0 bridgehead atoms. The van der Waals surface area contributed by atoms with Gasteiger partial charge in [0.25, 0.3) is 0 Å². The first-order chi connectivity index (χ1) is 12.0. The third kappa shape index (κ3) is 3.76. The van der Waals surface area contributed by atoms with Gasteiger partial charge in [-0.05, 0) is 41.8 Å². The average molecular weight is 377 g/mol. The summed E-state index contributed by atoms with van der Waals surface area (Å²) in [4.78, 5) is 6.70. The van der Waals surface area contributed by atoms with Crippen molar-refractivity contribution in [2.24, 2.45) is 11.8 Å². The van der Waals surface area contributed by atoms with E-state index in [2.05, 4.69) is 35.9 Å². The Bertz CT molecular complexity index is 772. The minimum atomic E-state index is -0.634. The van der Waals surface area contributed by atoms with Gasteiger partial charge < -0.3 is 9.45 Å². The average Bonchev–Trinajstić information content (AvgIpc) is 3.33. The van der Waals surface area contributed by atoms with E-state index in [1.807, 2.05) is 12.3 Å². The molecule has 1 aliphatic carbocycles. The van der Waals surface area contributed by atoms with Crippen molar-refractivity contribution >= 4 is 39.2 Å². The first kappa shape index (κ1) is 17.4. The molecule has 0 N–H and O–H groups in total. The lowest BCUT2D eigenvalue weighted by Gasteiger charge is -2.41. The molecule has 2 aromatic rings. The zero-order valence-electron chi connectivity index (χ0n) is 14.9. The van der Waals surface area contributed by atoms with Crippen molar-refractivity contribution < 1.29 is 4.55 Å². The van der Waals surface area contributed by atoms with Gasteiger partial charge in [-0.3, -0.25) is 0 Å². The molecule has 5 heteroatoms. The van der Waals surface area contributed by atoms with Crippen LogP contribution in [-0.4, -0.2) is 34.1 Å². The fourth-order valence-corrected chi connectivity index (χ4v) is 5.64. The van der Waals surface area contributed by atoms with E-state index in [1.165, 1.54) is 34.9 Å². The number of hydrogen-bond donors (Lipinski definition) is 0. The molecule has 0 spiro atoms. The summed E-state index contributed by atoms with van der Waals surface area (Å²) in [6, 6.07) is 6.42. The number of halogens is 1. The summed E-state index contributed by atoms with van der Waals surface area (Å²) in [7, 11) is 0. The zero-order valence-corrected chi connectivity index (χ0v) is 16.4. The SMILES string of the molecule is CC(C)c1ccc(N2CC(C[S@@+]([O-])CC3CC3)C2)c2cnc(Cl)cc12. The Morgan fingerprint density at radius 3 is 2.60 bits per heavy atom. The Morgan fingerprint density at radius 2 is 1.92 bits per heavy atom. The summed E-state index contributed by atoms with van der Waals surface area (Å²) < 4.78 is 12.2. The molecular formula is C20H25ClN2OS. The molecule has 1 aliphatic heterocycles. The minimum absolute atomic E-state index is 0.448. The van der Waals surface area contributed by atoms with Crippen molar-refractivity contribution in [3.8, 4) is 0 Å². The fourth-order valence-electron chi connectivity index (χ4n) is 3.75. The van der Waals surface area contributed by atoms with Crippen LogP contribution in [0.2, 0.25) is 5.15 Å². The first-order valence-corrected chi connectivity index (χ1v) is 11.1. The van der Waals surface area contributed by atoms with Crippen LogP contribution in [0.4, 0.5) is 5.69 Å². The van der Waals surface area contributed by atoms with E-state index in [-0.39, 0.29) is 0 Å². The second kappa shape index (κ2) is 6.98. The zero-order chi connectivity index (χ0) is 17.6. The van der Waals surface area contributed by atoms with Crippen molar-refractivity contribution in [2.45, 2.75) is 32.6 Å². The third-order valence-corrected chi connectivity index (χ3v) is 7.23. The van der Waals surface area contributed by atoms with E-state index in [9.17, 15) is 4.55 Å². The maximum absolute atomic E-state index is 12.2. The number of anilines is 1. The number of nitrogens with zero attached hydrogens (tertiary/aromatic N) is 2. The molecule has 1 saturated carbocycles. The predicted molar refractivity (Wildman–Crippen MR) is 107 cm³/mol. The molecule has 1 aromatic heterocycles. The Kier molecular flexibility index (Phi) is 4.87. The third-order valence-electron chi connectivity index (χ3n) is 5.34. The highest BCUT2D eigenvalue weighted by Crippen LogP contribution is 2.37. The molecule has 4 rings (SSSR count). The molecular weight excluding hydrogens is 352 g/mol. The van der Waals surface area contributed by atoms with Gasteiger partial charge in [0.2, 0.25) is 0 Å². The van der Waals surface area contributed by atoms with E-state index in [0.29, 0.717) is 17.0 Å². The smallest absolute Gasteiger partial charge is 0.129 e. The van der Waals surface area contributed by atoms with E-state index < -0.39 is 11.2 Å². The number of pyridine rings is 1. The predicted octanol–water partition coefficient (Wildman–Crippen LogP) is 4.61. The second-order valence-corrected chi connectivity index (χ2v) is 9.80. The van der Waals surface area contributed by atoms with Gasteiger partial charge in [-0.25, -0.2) is 4.98 Å². The number of benzene rings is 1. The number of aromatic nitrogens is 1. The number of hydrogen-bond acceptors (Lipinski definition) is 3. The Balaban J connectivity index is 1.50. The highest BCUT2D eigenvalue weighted by molar-refractivity contribution is 7.91. The van der Waals surface area contributed by atoms with Crippen molar-refractivity contribution in [2.75, 3.05) is 29.5 Å². The molecule has 2 aliphatic rings. The monoisotopic (exact) mass is 376 g/mol. The molecule has 1 aromatic carbocycles. The summed E-state index contributed by atoms with van der Waals surface area (Å²) in [6.07, 6.45) is 4.47. The Hall–Kier alpha value is -0.970. The van der Waals surface area contributed by atoms with Gasteiger partial charge in [-0.15, -0.1) is 0 Å². The van der Waals surface area contributed by atoms with E-state index in [1.54, 1.807) is 0 Å². The Morgan fingerprint density at radius 1 is 1.20 bits per heavy atom. The van der Waals surface area contributed by atoms with Gasteiger partial charge in [0.05, 0.1) is 0 Å². The van der Waals surface area contributed by atoms with Gasteiger partial charge in [-0.2, -0.15) is 0 Å². The molecule has 1 saturated heterocycles. The quantitative estimate of drug-likeness (QED) is 0.546. The van der Waals surface area contributed by atoms with Crippen LogP contribution in [0.1, 0.15) is 38.2 Å². The van der Waals surface area contributed by atoms with Crippen molar-refractivity contribution in [1.82, 2.24) is 4.98 Å². The standard InChI is InChI=1S/C20H25ClN2OS/c1-13(2)16-5-6-19(18-8-22-20(21)7-17(16)18)23-9-15(10-23)12-25(24)11-14-3-4-14/h5-8,13-15H,3-4,9-12H2,1-2H3/t25-/m0/s1. The second-order valence-electron chi connectivity index (χ2n) is 7.87. The van der Waals surface area contributed by atoms with E-state index >= 15 is 0 Å². The van der Waals surface area contributed by atoms with Gasteiger partial charge in [0.15, 0.2) is 0 Å². The van der Waals surface area contributed by atoms with Gasteiger partial charge in [0.1, 0.15) is 16.7 Å². The van der Waals surface area contributed by atoms with Crippen LogP contribution >= 0.6 is 11.6 Å². The minimum Gasteiger partial charge on any atom is -0.616 e. The number of rotatable bonds is 6. The summed E-state index contributed by atoms with van der Waals surface area (Å²) in [6.45, 7) is 6.40. The highest BCUT2D eigenvalue weighted by atomic mass is 35.5. The lowest BCUT2D eigenvalue weighted by molar-refractivity contribution is 0.444.